The number of hydrogen-bond donors (Lipinski definition) is 2. The second kappa shape index (κ2) is 5.30. The van der Waals surface area contributed by atoms with Crippen LogP contribution < -0.4 is 10.5 Å². The fraction of sp³-hybridized carbons (Fsp3) is 0.100. The van der Waals surface area contributed by atoms with Gasteiger partial charge in [-0.25, -0.2) is 4.79 Å². The van der Waals surface area contributed by atoms with E-state index in [0.717, 1.165) is 6.08 Å². The first-order valence-electron chi connectivity index (χ1n) is 4.45. The quantitative estimate of drug-likeness (QED) is 0.661. The number of carbonyl (C=O) groups is 1. The van der Waals surface area contributed by atoms with Crippen LogP contribution in [0.2, 0.25) is 0 Å². The summed E-state index contributed by atoms with van der Waals surface area (Å²) in [6.45, 7) is 0. The van der Waals surface area contributed by atoms with E-state index in [-0.39, 0.29) is 15.7 Å². The molecular weight excluding hydrogens is 319 g/mol. The van der Waals surface area contributed by atoms with Crippen LogP contribution in [-0.4, -0.2) is 17.4 Å². The van der Waals surface area contributed by atoms with Gasteiger partial charge in [0.2, 0.25) is 0 Å². The number of ether oxygens (including phenoxy) is 1. The molecule has 0 spiro atoms. The molecule has 0 heterocycles. The van der Waals surface area contributed by atoms with Crippen molar-refractivity contribution in [3.05, 3.63) is 28.2 Å². The van der Waals surface area contributed by atoms with Crippen molar-refractivity contribution >= 4 is 33.7 Å². The molecule has 0 atom stereocenters. The minimum Gasteiger partial charge on any atom is -0.478 e. The van der Waals surface area contributed by atoms with Crippen molar-refractivity contribution in [2.45, 2.75) is 6.36 Å². The molecule has 3 N–H and O–H groups in total. The van der Waals surface area contributed by atoms with Gasteiger partial charge in [-0.1, -0.05) is 0 Å². The minimum absolute atomic E-state index is 0.0130. The molecule has 0 aliphatic heterocycles. The average molecular weight is 326 g/mol. The van der Waals surface area contributed by atoms with Gasteiger partial charge in [0.1, 0.15) is 0 Å². The molecule has 0 aliphatic carbocycles. The third-order valence-electron chi connectivity index (χ3n) is 1.79. The predicted octanol–water partition coefficient (Wildman–Crippen LogP) is 3.03. The van der Waals surface area contributed by atoms with Gasteiger partial charge < -0.3 is 15.6 Å². The highest BCUT2D eigenvalue weighted by Crippen LogP contribution is 2.37. The maximum absolute atomic E-state index is 12.2. The Bertz CT molecular complexity index is 500. The lowest BCUT2D eigenvalue weighted by molar-refractivity contribution is -0.275. The zero-order valence-corrected chi connectivity index (χ0v) is 10.2. The molecule has 0 aromatic heterocycles. The molecule has 1 aromatic carbocycles. The van der Waals surface area contributed by atoms with E-state index in [4.69, 9.17) is 10.8 Å². The first-order chi connectivity index (χ1) is 8.20. The maximum Gasteiger partial charge on any atom is 0.573 e. The molecule has 4 nitrogen and oxygen atoms in total. The van der Waals surface area contributed by atoms with Gasteiger partial charge in [-0.15, -0.1) is 13.2 Å². The number of carboxylic acid groups (broad SMARTS) is 1. The Morgan fingerprint density at radius 1 is 1.44 bits per heavy atom. The normalized spacial score (nSPS) is 11.8. The predicted molar refractivity (Wildman–Crippen MR) is 61.9 cm³/mol. The number of aliphatic carboxylic acids is 1. The van der Waals surface area contributed by atoms with Gasteiger partial charge in [-0.05, 0) is 34.1 Å². The van der Waals surface area contributed by atoms with Crippen molar-refractivity contribution in [2.75, 3.05) is 5.73 Å². The molecule has 0 unspecified atom stereocenters. The molecule has 8 heteroatoms. The Morgan fingerprint density at radius 3 is 2.56 bits per heavy atom. The molecule has 0 fully saturated rings. The van der Waals surface area contributed by atoms with Crippen LogP contribution >= 0.6 is 15.9 Å². The van der Waals surface area contributed by atoms with Crippen LogP contribution in [0.3, 0.4) is 0 Å². The molecular formula is C10H7BrF3NO3. The van der Waals surface area contributed by atoms with Gasteiger partial charge in [-0.3, -0.25) is 0 Å². The standard InChI is InChI=1S/C10H7BrF3NO3/c11-6-2-3-7(15)5(1-4-8(16)17)9(6)18-10(12,13)14/h1-4H,15H2,(H,16,17)/b4-1+. The number of carboxylic acids is 1. The van der Waals surface area contributed by atoms with Gasteiger partial charge >= 0.3 is 12.3 Å². The highest BCUT2D eigenvalue weighted by atomic mass is 79.9. The van der Waals surface area contributed by atoms with Crippen LogP contribution in [0.15, 0.2) is 22.7 Å². The van der Waals surface area contributed by atoms with Gasteiger partial charge in [0, 0.05) is 17.3 Å². The number of rotatable bonds is 3. The Morgan fingerprint density at radius 2 is 2.06 bits per heavy atom. The van der Waals surface area contributed by atoms with E-state index in [2.05, 4.69) is 20.7 Å². The summed E-state index contributed by atoms with van der Waals surface area (Å²) in [5, 5.41) is 8.46. The lowest BCUT2D eigenvalue weighted by atomic mass is 10.1. The lowest BCUT2D eigenvalue weighted by Crippen LogP contribution is -2.18. The maximum atomic E-state index is 12.2. The second-order valence-corrected chi connectivity index (χ2v) is 3.95. The van der Waals surface area contributed by atoms with Gasteiger partial charge in [-0.2, -0.15) is 0 Å². The van der Waals surface area contributed by atoms with Gasteiger partial charge in [0.25, 0.3) is 0 Å². The number of hydrogen-bond acceptors (Lipinski definition) is 3. The van der Waals surface area contributed by atoms with E-state index >= 15 is 0 Å². The summed E-state index contributed by atoms with van der Waals surface area (Å²) in [6.07, 6.45) is -3.30. The van der Waals surface area contributed by atoms with Crippen LogP contribution in [0.4, 0.5) is 18.9 Å². The molecule has 0 aliphatic rings. The highest BCUT2D eigenvalue weighted by molar-refractivity contribution is 9.10. The summed E-state index contributed by atoms with van der Waals surface area (Å²) in [4.78, 5) is 10.4. The first-order valence-corrected chi connectivity index (χ1v) is 5.24. The summed E-state index contributed by atoms with van der Waals surface area (Å²) < 4.78 is 40.4. The van der Waals surface area contributed by atoms with E-state index in [1.165, 1.54) is 12.1 Å². The molecule has 0 radical (unpaired) electrons. The molecule has 98 valence electrons. The van der Waals surface area contributed by atoms with E-state index in [9.17, 15) is 18.0 Å². The Kier molecular flexibility index (Phi) is 4.23. The van der Waals surface area contributed by atoms with Crippen molar-refractivity contribution in [1.29, 1.82) is 0 Å². The number of halogens is 4. The van der Waals surface area contributed by atoms with Crippen molar-refractivity contribution < 1.29 is 27.8 Å². The third kappa shape index (κ3) is 3.95. The molecule has 0 saturated heterocycles. The van der Waals surface area contributed by atoms with Crippen LogP contribution in [0, 0.1) is 0 Å². The molecule has 18 heavy (non-hydrogen) atoms. The topological polar surface area (TPSA) is 72.5 Å². The Hall–Kier alpha value is -1.70. The zero-order chi connectivity index (χ0) is 13.9. The number of nitrogens with two attached hydrogens (primary N) is 1. The summed E-state index contributed by atoms with van der Waals surface area (Å²) in [7, 11) is 0. The van der Waals surface area contributed by atoms with Crippen LogP contribution in [0.25, 0.3) is 6.08 Å². The lowest BCUT2D eigenvalue weighted by Gasteiger charge is -2.14. The van der Waals surface area contributed by atoms with E-state index in [0.29, 0.717) is 6.08 Å². The zero-order valence-electron chi connectivity index (χ0n) is 8.66. The Labute approximate surface area is 108 Å². The average Bonchev–Trinajstić information content (AvgIpc) is 2.20. The SMILES string of the molecule is Nc1ccc(Br)c(OC(F)(F)F)c1/C=C/C(=O)O. The highest BCUT2D eigenvalue weighted by Gasteiger charge is 2.33. The van der Waals surface area contributed by atoms with E-state index in [1.807, 2.05) is 0 Å². The minimum atomic E-state index is -4.90. The van der Waals surface area contributed by atoms with Gasteiger partial charge in [0.15, 0.2) is 5.75 Å². The van der Waals surface area contributed by atoms with Gasteiger partial charge in [0.05, 0.1) is 4.47 Å². The fourth-order valence-corrected chi connectivity index (χ4v) is 1.56. The molecule has 1 rings (SSSR count). The number of nitrogen functional groups attached to an aromatic ring is 1. The Balaban J connectivity index is 3.29. The van der Waals surface area contributed by atoms with Crippen molar-refractivity contribution in [3.63, 3.8) is 0 Å². The monoisotopic (exact) mass is 325 g/mol. The van der Waals surface area contributed by atoms with Crippen molar-refractivity contribution in [2.24, 2.45) is 0 Å². The smallest absolute Gasteiger partial charge is 0.478 e. The molecule has 0 amide bonds. The fourth-order valence-electron chi connectivity index (χ4n) is 1.13. The van der Waals surface area contributed by atoms with Crippen molar-refractivity contribution in [3.8, 4) is 5.75 Å². The third-order valence-corrected chi connectivity index (χ3v) is 2.42. The van der Waals surface area contributed by atoms with Crippen LogP contribution in [0.1, 0.15) is 5.56 Å². The second-order valence-electron chi connectivity index (χ2n) is 3.10. The summed E-state index contributed by atoms with van der Waals surface area (Å²) in [5.41, 5.74) is 5.29. The van der Waals surface area contributed by atoms with E-state index in [1.54, 1.807) is 0 Å². The number of benzene rings is 1. The molecule has 1 aromatic rings. The number of alkyl halides is 3. The largest absolute Gasteiger partial charge is 0.573 e. The summed E-state index contributed by atoms with van der Waals surface area (Å²) in [5.74, 6) is -1.90. The first kappa shape index (κ1) is 14.4. The molecule has 0 saturated carbocycles. The van der Waals surface area contributed by atoms with Crippen molar-refractivity contribution in [1.82, 2.24) is 0 Å². The van der Waals surface area contributed by atoms with Crippen LogP contribution in [0.5, 0.6) is 5.75 Å². The van der Waals surface area contributed by atoms with E-state index < -0.39 is 18.1 Å². The summed E-state index contributed by atoms with van der Waals surface area (Å²) in [6, 6.07) is 2.60. The number of anilines is 1. The summed E-state index contributed by atoms with van der Waals surface area (Å²) >= 11 is 2.88. The van der Waals surface area contributed by atoms with Crippen LogP contribution in [-0.2, 0) is 4.79 Å². The molecule has 0 bridgehead atoms.